The van der Waals surface area contributed by atoms with Gasteiger partial charge in [-0.25, -0.2) is 4.99 Å². The summed E-state index contributed by atoms with van der Waals surface area (Å²) in [7, 11) is 3.35. The van der Waals surface area contributed by atoms with Gasteiger partial charge in [0.1, 0.15) is 5.54 Å². The smallest absolute Gasteiger partial charge is 0.231 e. The van der Waals surface area contributed by atoms with E-state index in [-0.39, 0.29) is 18.3 Å². The number of aryl methyl sites for hydroxylation is 1. The van der Waals surface area contributed by atoms with Crippen LogP contribution < -0.4 is 5.73 Å². The van der Waals surface area contributed by atoms with Gasteiger partial charge in [0.2, 0.25) is 5.91 Å². The van der Waals surface area contributed by atoms with Crippen molar-refractivity contribution < 1.29 is 4.79 Å². The second kappa shape index (κ2) is 6.01. The van der Waals surface area contributed by atoms with E-state index in [0.29, 0.717) is 22.4 Å². The number of rotatable bonds is 2. The van der Waals surface area contributed by atoms with Crippen LogP contribution in [0.1, 0.15) is 30.2 Å². The summed E-state index contributed by atoms with van der Waals surface area (Å²) in [6.07, 6.45) is 0.171. The fourth-order valence-electron chi connectivity index (χ4n) is 3.07. The SMILES string of the molecule is CN1C(=O)C[C@@](C)(c2cc(-c3cc(C#N)cc(C#N)c3)nn2C)N=C1N. The molecule has 130 valence electrons. The number of nitrogens with two attached hydrogens (primary N) is 1. The van der Waals surface area contributed by atoms with Gasteiger partial charge < -0.3 is 5.73 Å². The molecular formula is C18H17N7O. The summed E-state index contributed by atoms with van der Waals surface area (Å²) in [5.41, 5.74) is 7.78. The second-order valence-electron chi connectivity index (χ2n) is 6.43. The molecule has 1 aliphatic rings. The monoisotopic (exact) mass is 347 g/mol. The van der Waals surface area contributed by atoms with Crippen molar-refractivity contribution >= 4 is 11.9 Å². The quantitative estimate of drug-likeness (QED) is 0.874. The van der Waals surface area contributed by atoms with E-state index < -0.39 is 5.54 Å². The van der Waals surface area contributed by atoms with Gasteiger partial charge in [0.05, 0.1) is 41.1 Å². The van der Waals surface area contributed by atoms with Crippen LogP contribution in [0.5, 0.6) is 0 Å². The fraction of sp³-hybridized carbons (Fsp3) is 0.278. The summed E-state index contributed by atoms with van der Waals surface area (Å²) in [5, 5.41) is 22.8. The maximum absolute atomic E-state index is 12.2. The summed E-state index contributed by atoms with van der Waals surface area (Å²) >= 11 is 0. The number of nitriles is 2. The molecular weight excluding hydrogens is 330 g/mol. The fourth-order valence-corrected chi connectivity index (χ4v) is 3.07. The van der Waals surface area contributed by atoms with Crippen molar-refractivity contribution in [2.24, 2.45) is 17.8 Å². The summed E-state index contributed by atoms with van der Waals surface area (Å²) in [4.78, 5) is 18.0. The van der Waals surface area contributed by atoms with Gasteiger partial charge in [-0.15, -0.1) is 0 Å². The molecule has 2 N–H and O–H groups in total. The topological polar surface area (TPSA) is 124 Å². The van der Waals surface area contributed by atoms with Crippen molar-refractivity contribution in [1.29, 1.82) is 10.5 Å². The lowest BCUT2D eigenvalue weighted by Gasteiger charge is -2.33. The summed E-state index contributed by atoms with van der Waals surface area (Å²) in [5.74, 6) is 0.0331. The lowest BCUT2D eigenvalue weighted by Crippen LogP contribution is -2.48. The van der Waals surface area contributed by atoms with E-state index in [1.54, 1.807) is 30.9 Å². The van der Waals surface area contributed by atoms with Crippen molar-refractivity contribution in [1.82, 2.24) is 14.7 Å². The van der Waals surface area contributed by atoms with Crippen LogP contribution in [-0.2, 0) is 17.4 Å². The van der Waals surface area contributed by atoms with Gasteiger partial charge in [-0.2, -0.15) is 15.6 Å². The minimum Gasteiger partial charge on any atom is -0.369 e. The molecule has 2 heterocycles. The predicted octanol–water partition coefficient (Wildman–Crippen LogP) is 1.22. The molecule has 1 atom stereocenters. The Morgan fingerprint density at radius 1 is 1.15 bits per heavy atom. The van der Waals surface area contributed by atoms with E-state index in [4.69, 9.17) is 16.3 Å². The zero-order chi connectivity index (χ0) is 19.1. The number of hydrogen-bond donors (Lipinski definition) is 1. The van der Waals surface area contributed by atoms with Gasteiger partial charge in [-0.3, -0.25) is 14.4 Å². The van der Waals surface area contributed by atoms with Gasteiger partial charge in [-0.05, 0) is 31.2 Å². The van der Waals surface area contributed by atoms with Crippen molar-refractivity contribution in [2.75, 3.05) is 7.05 Å². The molecule has 0 fully saturated rings. The average molecular weight is 347 g/mol. The van der Waals surface area contributed by atoms with Crippen LogP contribution in [-0.4, -0.2) is 33.6 Å². The number of carbonyl (C=O) groups is 1. The Hall–Kier alpha value is -3.65. The Balaban J connectivity index is 2.11. The first-order chi connectivity index (χ1) is 12.3. The molecule has 8 heteroatoms. The Morgan fingerprint density at radius 3 is 2.31 bits per heavy atom. The Labute approximate surface area is 150 Å². The number of aromatic nitrogens is 2. The van der Waals surface area contributed by atoms with Gasteiger partial charge in [-0.1, -0.05) is 0 Å². The largest absolute Gasteiger partial charge is 0.369 e. The number of nitrogens with zero attached hydrogens (tertiary/aromatic N) is 6. The highest BCUT2D eigenvalue weighted by Crippen LogP contribution is 2.35. The Morgan fingerprint density at radius 2 is 1.77 bits per heavy atom. The molecule has 0 bridgehead atoms. The van der Waals surface area contributed by atoms with Crippen LogP contribution in [0.3, 0.4) is 0 Å². The van der Waals surface area contributed by atoms with E-state index in [0.717, 1.165) is 5.69 Å². The number of guanidine groups is 1. The highest BCUT2D eigenvalue weighted by atomic mass is 16.2. The lowest BCUT2D eigenvalue weighted by atomic mass is 9.91. The number of aliphatic imine (C=N–C) groups is 1. The van der Waals surface area contributed by atoms with Crippen molar-refractivity contribution in [3.8, 4) is 23.4 Å². The first kappa shape index (κ1) is 17.2. The third-order valence-electron chi connectivity index (χ3n) is 4.49. The molecule has 3 rings (SSSR count). The first-order valence-electron chi connectivity index (χ1n) is 7.89. The predicted molar refractivity (Wildman–Crippen MR) is 94.4 cm³/mol. The number of carbonyl (C=O) groups excluding carboxylic acids is 1. The third kappa shape index (κ3) is 2.78. The van der Waals surface area contributed by atoms with Crippen molar-refractivity contribution in [3.05, 3.63) is 41.1 Å². The minimum absolute atomic E-state index is 0.124. The maximum Gasteiger partial charge on any atom is 0.231 e. The molecule has 2 aromatic rings. The summed E-state index contributed by atoms with van der Waals surface area (Å²) < 4.78 is 1.65. The molecule has 8 nitrogen and oxygen atoms in total. The highest BCUT2D eigenvalue weighted by Gasteiger charge is 2.38. The normalized spacial score (nSPS) is 19.7. The van der Waals surface area contributed by atoms with Crippen LogP contribution in [0.2, 0.25) is 0 Å². The molecule has 0 radical (unpaired) electrons. The molecule has 0 spiro atoms. The molecule has 1 aliphatic heterocycles. The van der Waals surface area contributed by atoms with E-state index >= 15 is 0 Å². The molecule has 0 aliphatic carbocycles. The van der Waals surface area contributed by atoms with E-state index in [1.165, 1.54) is 11.0 Å². The Bertz CT molecular complexity index is 989. The number of hydrogen-bond acceptors (Lipinski definition) is 6. The van der Waals surface area contributed by atoms with E-state index in [2.05, 4.69) is 10.1 Å². The van der Waals surface area contributed by atoms with E-state index in [1.807, 2.05) is 25.1 Å². The first-order valence-corrected chi connectivity index (χ1v) is 7.89. The lowest BCUT2D eigenvalue weighted by molar-refractivity contribution is -0.128. The van der Waals surface area contributed by atoms with Gasteiger partial charge in [0.15, 0.2) is 5.96 Å². The standard InChI is InChI=1S/C18H17N7O/c1-18(8-16(26)24(2)17(21)22-18)15-7-14(23-25(15)3)13-5-11(9-19)4-12(6-13)10-20/h4-7H,8H2,1-3H3,(H2,21,22)/t18-/m0/s1. The van der Waals surface area contributed by atoms with E-state index in [9.17, 15) is 4.79 Å². The minimum atomic E-state index is -0.835. The van der Waals surface area contributed by atoms with Crippen LogP contribution >= 0.6 is 0 Å². The average Bonchev–Trinajstić information content (AvgIpc) is 3.02. The molecule has 1 aromatic carbocycles. The highest BCUT2D eigenvalue weighted by molar-refractivity contribution is 5.98. The summed E-state index contributed by atoms with van der Waals surface area (Å²) in [6, 6.07) is 10.8. The number of amides is 1. The van der Waals surface area contributed by atoms with Crippen LogP contribution in [0.25, 0.3) is 11.3 Å². The number of benzene rings is 1. The van der Waals surface area contributed by atoms with Crippen molar-refractivity contribution in [2.45, 2.75) is 18.9 Å². The Kier molecular flexibility index (Phi) is 3.97. The molecule has 26 heavy (non-hydrogen) atoms. The van der Waals surface area contributed by atoms with Crippen LogP contribution in [0.4, 0.5) is 0 Å². The molecule has 1 amide bonds. The van der Waals surface area contributed by atoms with Crippen molar-refractivity contribution in [3.63, 3.8) is 0 Å². The maximum atomic E-state index is 12.2. The van der Waals surface area contributed by atoms with Gasteiger partial charge in [0, 0.05) is 19.7 Å². The zero-order valence-corrected chi connectivity index (χ0v) is 14.7. The molecule has 0 unspecified atom stereocenters. The van der Waals surface area contributed by atoms with Gasteiger partial charge in [0.25, 0.3) is 0 Å². The summed E-state index contributed by atoms with van der Waals surface area (Å²) in [6.45, 7) is 1.83. The molecule has 1 aromatic heterocycles. The van der Waals surface area contributed by atoms with Gasteiger partial charge >= 0.3 is 0 Å². The molecule has 0 saturated carbocycles. The van der Waals surface area contributed by atoms with Crippen LogP contribution in [0.15, 0.2) is 29.3 Å². The zero-order valence-electron chi connectivity index (χ0n) is 14.7. The van der Waals surface area contributed by atoms with Crippen LogP contribution in [0, 0.1) is 22.7 Å². The second-order valence-corrected chi connectivity index (χ2v) is 6.43. The third-order valence-corrected chi connectivity index (χ3v) is 4.49. The molecule has 0 saturated heterocycles.